The predicted molar refractivity (Wildman–Crippen MR) is 77.7 cm³/mol. The second-order valence-corrected chi connectivity index (χ2v) is 5.91. The van der Waals surface area contributed by atoms with Crippen molar-refractivity contribution in [2.75, 3.05) is 4.90 Å². The Labute approximate surface area is 115 Å². The van der Waals surface area contributed by atoms with Crippen molar-refractivity contribution in [3.05, 3.63) is 29.3 Å². The first-order valence-corrected chi connectivity index (χ1v) is 7.03. The summed E-state index contributed by atoms with van der Waals surface area (Å²) in [6.45, 7) is 8.43. The summed E-state index contributed by atoms with van der Waals surface area (Å²) in [5.74, 6) is -1.04. The third-order valence-corrected chi connectivity index (χ3v) is 4.00. The monoisotopic (exact) mass is 261 g/mol. The van der Waals surface area contributed by atoms with Gasteiger partial charge in [-0.15, -0.1) is 0 Å². The average molecular weight is 261 g/mol. The minimum absolute atomic E-state index is 0.324. The van der Waals surface area contributed by atoms with Gasteiger partial charge in [0.1, 0.15) is 0 Å². The Balaban J connectivity index is 2.33. The lowest BCUT2D eigenvalue weighted by Crippen LogP contribution is -2.35. The van der Waals surface area contributed by atoms with Crippen LogP contribution in [0.3, 0.4) is 0 Å². The lowest BCUT2D eigenvalue weighted by Gasteiger charge is -2.29. The Hall–Kier alpha value is -1.51. The van der Waals surface area contributed by atoms with Crippen LogP contribution in [0.2, 0.25) is 0 Å². The molecule has 3 heteroatoms. The number of hydrogen-bond acceptors (Lipinski definition) is 2. The molecule has 1 heterocycles. The highest BCUT2D eigenvalue weighted by Crippen LogP contribution is 2.36. The minimum atomic E-state index is -0.718. The number of hydrogen-bond donors (Lipinski definition) is 1. The minimum Gasteiger partial charge on any atom is -0.481 e. The molecule has 0 saturated heterocycles. The van der Waals surface area contributed by atoms with Gasteiger partial charge in [-0.3, -0.25) is 4.79 Å². The van der Waals surface area contributed by atoms with E-state index in [9.17, 15) is 4.79 Å². The molecule has 19 heavy (non-hydrogen) atoms. The van der Waals surface area contributed by atoms with Crippen LogP contribution in [0.5, 0.6) is 0 Å². The Morgan fingerprint density at radius 2 is 2.11 bits per heavy atom. The number of rotatable bonds is 4. The van der Waals surface area contributed by atoms with E-state index in [-0.39, 0.29) is 5.92 Å². The maximum atomic E-state index is 11.0. The second kappa shape index (κ2) is 5.24. The van der Waals surface area contributed by atoms with E-state index >= 15 is 0 Å². The van der Waals surface area contributed by atoms with Crippen LogP contribution >= 0.6 is 0 Å². The molecule has 1 aromatic carbocycles. The van der Waals surface area contributed by atoms with Crippen LogP contribution in [0.1, 0.15) is 38.8 Å². The molecule has 0 radical (unpaired) electrons. The zero-order valence-electron chi connectivity index (χ0n) is 12.2. The SMILES string of the molecule is CC(Cc1cccc2c1CC(C)N2C(C)C)C(=O)O. The van der Waals surface area contributed by atoms with Crippen molar-refractivity contribution in [3.8, 4) is 0 Å². The van der Waals surface area contributed by atoms with Crippen molar-refractivity contribution in [2.24, 2.45) is 5.92 Å². The maximum absolute atomic E-state index is 11.0. The number of aliphatic carboxylic acids is 1. The van der Waals surface area contributed by atoms with E-state index in [4.69, 9.17) is 5.11 Å². The highest BCUT2D eigenvalue weighted by atomic mass is 16.4. The Morgan fingerprint density at radius 1 is 1.42 bits per heavy atom. The molecule has 104 valence electrons. The number of nitrogens with zero attached hydrogens (tertiary/aromatic N) is 1. The number of carbonyl (C=O) groups is 1. The van der Waals surface area contributed by atoms with Crippen molar-refractivity contribution in [1.82, 2.24) is 0 Å². The molecule has 0 saturated carbocycles. The molecule has 1 aliphatic rings. The van der Waals surface area contributed by atoms with Gasteiger partial charge in [0.05, 0.1) is 5.92 Å². The summed E-state index contributed by atoms with van der Waals surface area (Å²) in [7, 11) is 0. The molecular weight excluding hydrogens is 238 g/mol. The molecule has 2 unspecified atom stereocenters. The van der Waals surface area contributed by atoms with Gasteiger partial charge in [0, 0.05) is 17.8 Å². The van der Waals surface area contributed by atoms with Gasteiger partial charge in [0.2, 0.25) is 0 Å². The molecule has 2 rings (SSSR count). The van der Waals surface area contributed by atoms with E-state index in [1.54, 1.807) is 6.92 Å². The summed E-state index contributed by atoms with van der Waals surface area (Å²) in [5.41, 5.74) is 3.83. The van der Waals surface area contributed by atoms with E-state index in [1.165, 1.54) is 16.8 Å². The molecule has 0 bridgehead atoms. The molecule has 2 atom stereocenters. The summed E-state index contributed by atoms with van der Waals surface area (Å²) in [5, 5.41) is 9.07. The molecule has 0 aromatic heterocycles. The van der Waals surface area contributed by atoms with Gasteiger partial charge in [0.15, 0.2) is 0 Å². The third-order valence-electron chi connectivity index (χ3n) is 4.00. The first-order valence-electron chi connectivity index (χ1n) is 7.03. The van der Waals surface area contributed by atoms with Crippen LogP contribution in [0.25, 0.3) is 0 Å². The molecule has 0 fully saturated rings. The van der Waals surface area contributed by atoms with Crippen molar-refractivity contribution >= 4 is 11.7 Å². The van der Waals surface area contributed by atoms with E-state index in [1.807, 2.05) is 0 Å². The first-order chi connectivity index (χ1) is 8.91. The van der Waals surface area contributed by atoms with Gasteiger partial charge < -0.3 is 10.0 Å². The van der Waals surface area contributed by atoms with Crippen molar-refractivity contribution < 1.29 is 9.90 Å². The van der Waals surface area contributed by atoms with Gasteiger partial charge in [0.25, 0.3) is 0 Å². The molecule has 1 aliphatic heterocycles. The zero-order chi connectivity index (χ0) is 14.2. The van der Waals surface area contributed by atoms with Crippen LogP contribution in [-0.2, 0) is 17.6 Å². The Kier molecular flexibility index (Phi) is 3.83. The number of carboxylic acids is 1. The lowest BCUT2D eigenvalue weighted by atomic mass is 9.95. The van der Waals surface area contributed by atoms with E-state index in [0.717, 1.165) is 6.42 Å². The van der Waals surface area contributed by atoms with Crippen LogP contribution in [0, 0.1) is 5.92 Å². The quantitative estimate of drug-likeness (QED) is 0.905. The smallest absolute Gasteiger partial charge is 0.306 e. The van der Waals surface area contributed by atoms with Crippen LogP contribution < -0.4 is 4.90 Å². The van der Waals surface area contributed by atoms with Gasteiger partial charge >= 0.3 is 5.97 Å². The summed E-state index contributed by atoms with van der Waals surface area (Å²) in [6.07, 6.45) is 1.65. The molecule has 0 amide bonds. The van der Waals surface area contributed by atoms with Crippen molar-refractivity contribution in [3.63, 3.8) is 0 Å². The van der Waals surface area contributed by atoms with Gasteiger partial charge in [-0.1, -0.05) is 19.1 Å². The molecule has 1 aromatic rings. The molecule has 1 N–H and O–H groups in total. The normalized spacial score (nSPS) is 19.6. The van der Waals surface area contributed by atoms with Crippen molar-refractivity contribution in [1.29, 1.82) is 0 Å². The second-order valence-electron chi connectivity index (χ2n) is 5.91. The maximum Gasteiger partial charge on any atom is 0.306 e. The summed E-state index contributed by atoms with van der Waals surface area (Å²) in [4.78, 5) is 13.5. The molecule has 3 nitrogen and oxygen atoms in total. The molecule has 0 aliphatic carbocycles. The van der Waals surface area contributed by atoms with Gasteiger partial charge in [-0.25, -0.2) is 0 Å². The third kappa shape index (κ3) is 2.60. The van der Waals surface area contributed by atoms with E-state index < -0.39 is 5.97 Å². The van der Waals surface area contributed by atoms with E-state index in [2.05, 4.69) is 43.9 Å². The van der Waals surface area contributed by atoms with Crippen LogP contribution in [0.15, 0.2) is 18.2 Å². The topological polar surface area (TPSA) is 40.5 Å². The fraction of sp³-hybridized carbons (Fsp3) is 0.562. The first kappa shape index (κ1) is 13.9. The summed E-state index contributed by atoms with van der Waals surface area (Å²) in [6, 6.07) is 7.26. The number of anilines is 1. The van der Waals surface area contributed by atoms with Crippen LogP contribution in [-0.4, -0.2) is 23.2 Å². The average Bonchev–Trinajstić information content (AvgIpc) is 2.66. The number of fused-ring (bicyclic) bond motifs is 1. The molecule has 0 spiro atoms. The van der Waals surface area contributed by atoms with Crippen LogP contribution in [0.4, 0.5) is 5.69 Å². The zero-order valence-corrected chi connectivity index (χ0v) is 12.2. The van der Waals surface area contributed by atoms with Crippen molar-refractivity contribution in [2.45, 2.75) is 52.6 Å². The lowest BCUT2D eigenvalue weighted by molar-refractivity contribution is -0.141. The van der Waals surface area contributed by atoms with Gasteiger partial charge in [-0.05, 0) is 50.8 Å². The molecular formula is C16H23NO2. The predicted octanol–water partition coefficient (Wildman–Crippen LogP) is 3.11. The summed E-state index contributed by atoms with van der Waals surface area (Å²) < 4.78 is 0. The summed E-state index contributed by atoms with van der Waals surface area (Å²) >= 11 is 0. The Bertz CT molecular complexity index is 482. The fourth-order valence-electron chi connectivity index (χ4n) is 3.13. The van der Waals surface area contributed by atoms with E-state index in [0.29, 0.717) is 18.5 Å². The van der Waals surface area contributed by atoms with Gasteiger partial charge in [-0.2, -0.15) is 0 Å². The standard InChI is InChI=1S/C16H23NO2/c1-10(2)17-12(4)9-14-13(6-5-7-15(14)17)8-11(3)16(18)19/h5-7,10-12H,8-9H2,1-4H3,(H,18,19). The highest BCUT2D eigenvalue weighted by molar-refractivity contribution is 5.70. The highest BCUT2D eigenvalue weighted by Gasteiger charge is 2.29. The largest absolute Gasteiger partial charge is 0.481 e. The number of carboxylic acid groups (broad SMARTS) is 1. The number of benzene rings is 1. The Morgan fingerprint density at radius 3 is 2.68 bits per heavy atom. The fourth-order valence-corrected chi connectivity index (χ4v) is 3.13.